The number of aromatic hydroxyl groups is 3. The van der Waals surface area contributed by atoms with Gasteiger partial charge in [-0.2, -0.15) is 0 Å². The van der Waals surface area contributed by atoms with Gasteiger partial charge in [-0.3, -0.25) is 4.79 Å². The first-order chi connectivity index (χ1) is 11.9. The molecule has 7 heteroatoms. The first-order valence-corrected chi connectivity index (χ1v) is 7.41. The highest BCUT2D eigenvalue weighted by atomic mass is 16.8. The second-order valence-corrected chi connectivity index (χ2v) is 5.31. The molecule has 1 atom stereocenters. The van der Waals surface area contributed by atoms with Gasteiger partial charge in [0.2, 0.25) is 0 Å². The number of hydrogen-bond donors (Lipinski definition) is 3. The Morgan fingerprint density at radius 1 is 0.920 bits per heavy atom. The molecule has 0 aliphatic heterocycles. The maximum atomic E-state index is 13.0. The van der Waals surface area contributed by atoms with Gasteiger partial charge in [-0.05, 0) is 17.7 Å². The average Bonchev–Trinajstić information content (AvgIpc) is 2.58. The zero-order chi connectivity index (χ0) is 18.6. The summed E-state index contributed by atoms with van der Waals surface area (Å²) >= 11 is 0. The van der Waals surface area contributed by atoms with Gasteiger partial charge in [-0.15, -0.1) is 0 Å². The van der Waals surface area contributed by atoms with Crippen LogP contribution in [0.15, 0.2) is 36.4 Å². The molecule has 0 aromatic heterocycles. The molecule has 134 valence electrons. The van der Waals surface area contributed by atoms with E-state index in [9.17, 15) is 20.1 Å². The molecule has 2 rings (SSSR count). The SMILES string of the molecule is COc1ccc([13CH]([13C](=O)c2c(O)cc(O)cc2O)[13CH](OC)OC)cc1. The number of ketones is 1. The van der Waals surface area contributed by atoms with Crippen LogP contribution in [0, 0.1) is 0 Å². The summed E-state index contributed by atoms with van der Waals surface area (Å²) in [5.74, 6) is -2.39. The van der Waals surface area contributed by atoms with E-state index in [1.165, 1.54) is 21.3 Å². The zero-order valence-corrected chi connectivity index (χ0v) is 14.1. The van der Waals surface area contributed by atoms with Crippen LogP contribution in [0.5, 0.6) is 23.0 Å². The second kappa shape index (κ2) is 7.87. The van der Waals surface area contributed by atoms with Gasteiger partial charge >= 0.3 is 0 Å². The van der Waals surface area contributed by atoms with Gasteiger partial charge in [-0.1, -0.05) is 12.1 Å². The van der Waals surface area contributed by atoms with Crippen LogP contribution < -0.4 is 4.74 Å². The molecule has 0 radical (unpaired) electrons. The summed E-state index contributed by atoms with van der Waals surface area (Å²) in [6.07, 6.45) is -0.950. The number of Topliss-reactive ketones (excluding diaryl/α,β-unsaturated/α-hetero) is 1. The van der Waals surface area contributed by atoms with Gasteiger partial charge in [0, 0.05) is 26.4 Å². The number of rotatable bonds is 7. The standard InChI is InChI=1S/C18H20O7/c1-23-12-6-4-10(5-7-12)15(18(24-2)25-3)17(22)16-13(20)8-11(19)9-14(16)21/h4-9,15,18-21H,1-3H3/i15+1,17+1,18+1. The van der Waals surface area contributed by atoms with Crippen molar-refractivity contribution in [3.8, 4) is 23.0 Å². The minimum absolute atomic E-state index is 0.322. The molecule has 2 aromatic rings. The summed E-state index contributed by atoms with van der Waals surface area (Å²) in [4.78, 5) is 13.0. The number of ether oxygens (including phenoxy) is 3. The molecule has 3 N–H and O–H groups in total. The molecular weight excluding hydrogens is 331 g/mol. The first kappa shape index (κ1) is 18.6. The van der Waals surface area contributed by atoms with Gasteiger partial charge in [0.25, 0.3) is 0 Å². The third-order valence-corrected chi connectivity index (χ3v) is 3.82. The fourth-order valence-electron chi connectivity index (χ4n) is 2.62. The van der Waals surface area contributed by atoms with E-state index in [1.807, 2.05) is 0 Å². The highest BCUT2D eigenvalue weighted by Gasteiger charge is 2.34. The van der Waals surface area contributed by atoms with Crippen molar-refractivity contribution in [1.82, 2.24) is 0 Å². The predicted molar refractivity (Wildman–Crippen MR) is 89.3 cm³/mol. The van der Waals surface area contributed by atoms with Crippen LogP contribution in [0.1, 0.15) is 21.8 Å². The molecule has 0 aliphatic carbocycles. The highest BCUT2D eigenvalue weighted by molar-refractivity contribution is 6.05. The van der Waals surface area contributed by atoms with Crippen LogP contribution in [0.4, 0.5) is 0 Å². The van der Waals surface area contributed by atoms with Gasteiger partial charge in [0.05, 0.1) is 13.0 Å². The van der Waals surface area contributed by atoms with Crippen molar-refractivity contribution in [2.75, 3.05) is 21.3 Å². The quantitative estimate of drug-likeness (QED) is 0.399. The normalized spacial score (nSPS) is 12.2. The number of benzene rings is 2. The Balaban J connectivity index is 2.53. The molecule has 0 saturated heterocycles. The highest BCUT2D eigenvalue weighted by Crippen LogP contribution is 2.37. The summed E-state index contributed by atoms with van der Waals surface area (Å²) in [5.41, 5.74) is 0.226. The van der Waals surface area contributed by atoms with Crippen molar-refractivity contribution >= 4 is 5.78 Å². The maximum Gasteiger partial charge on any atom is 0.182 e. The van der Waals surface area contributed by atoms with E-state index in [-0.39, 0.29) is 11.3 Å². The topological polar surface area (TPSA) is 105 Å². The third-order valence-electron chi connectivity index (χ3n) is 3.82. The van der Waals surface area contributed by atoms with Crippen LogP contribution in [0.2, 0.25) is 0 Å². The second-order valence-electron chi connectivity index (χ2n) is 5.31. The van der Waals surface area contributed by atoms with Crippen LogP contribution in [-0.2, 0) is 9.47 Å². The Hall–Kier alpha value is -2.77. The van der Waals surface area contributed by atoms with Gasteiger partial charge in [-0.25, -0.2) is 0 Å². The van der Waals surface area contributed by atoms with Crippen LogP contribution in [-0.4, -0.2) is 48.7 Å². The number of hydrogen-bond acceptors (Lipinski definition) is 7. The molecule has 0 amide bonds. The van der Waals surface area contributed by atoms with Gasteiger partial charge in [0.15, 0.2) is 12.1 Å². The Kier molecular flexibility index (Phi) is 5.84. The van der Waals surface area contributed by atoms with Crippen molar-refractivity contribution < 1.29 is 34.3 Å². The van der Waals surface area contributed by atoms with Crippen LogP contribution in [0.3, 0.4) is 0 Å². The van der Waals surface area contributed by atoms with Crippen molar-refractivity contribution in [2.45, 2.75) is 12.2 Å². The molecule has 0 saturated carbocycles. The monoisotopic (exact) mass is 351 g/mol. The van der Waals surface area contributed by atoms with Gasteiger partial charge in [0.1, 0.15) is 28.6 Å². The maximum absolute atomic E-state index is 13.0. The van der Waals surface area contributed by atoms with Crippen molar-refractivity contribution in [1.29, 1.82) is 0 Å². The van der Waals surface area contributed by atoms with E-state index >= 15 is 0 Å². The fourth-order valence-corrected chi connectivity index (χ4v) is 2.62. The Bertz CT molecular complexity index is 713. The summed E-state index contributed by atoms with van der Waals surface area (Å²) in [6, 6.07) is 8.64. The molecule has 1 unspecified atom stereocenters. The largest absolute Gasteiger partial charge is 0.508 e. The minimum atomic E-state index is -0.956. The molecular formula is C18H20O7. The van der Waals surface area contributed by atoms with Crippen molar-refractivity contribution in [2.24, 2.45) is 0 Å². The molecule has 2 aromatic carbocycles. The molecule has 0 spiro atoms. The molecule has 0 aliphatic rings. The van der Waals surface area contributed by atoms with E-state index < -0.39 is 29.5 Å². The minimum Gasteiger partial charge on any atom is -0.508 e. The molecule has 25 heavy (non-hydrogen) atoms. The lowest BCUT2D eigenvalue weighted by Crippen LogP contribution is -2.30. The van der Waals surface area contributed by atoms with E-state index in [2.05, 4.69) is 0 Å². The Morgan fingerprint density at radius 2 is 1.44 bits per heavy atom. The molecule has 0 heterocycles. The van der Waals surface area contributed by atoms with E-state index in [1.54, 1.807) is 24.3 Å². The number of phenols is 3. The van der Waals surface area contributed by atoms with Gasteiger partial charge < -0.3 is 29.5 Å². The molecule has 0 bridgehead atoms. The Labute approximate surface area is 145 Å². The lowest BCUT2D eigenvalue weighted by atomic mass is 10.2. The molecule has 7 nitrogen and oxygen atoms in total. The smallest absolute Gasteiger partial charge is 0.182 e. The van der Waals surface area contributed by atoms with E-state index in [4.69, 9.17) is 14.2 Å². The predicted octanol–water partition coefficient (Wildman–Crippen LogP) is 2.40. The first-order valence-electron chi connectivity index (χ1n) is 7.41. The van der Waals surface area contributed by atoms with Crippen LogP contribution >= 0.6 is 0 Å². The van der Waals surface area contributed by atoms with Crippen molar-refractivity contribution in [3.05, 3.63) is 47.5 Å². The molecule has 0 fully saturated rings. The number of methoxy groups -OCH3 is 3. The number of carbonyl (C=O) groups is 1. The lowest BCUT2D eigenvalue weighted by molar-refractivity contribution is -0.110. The average molecular weight is 351 g/mol. The van der Waals surface area contributed by atoms with Crippen LogP contribution in [0.25, 0.3) is 0 Å². The van der Waals surface area contributed by atoms with Crippen molar-refractivity contribution in [3.63, 3.8) is 0 Å². The van der Waals surface area contributed by atoms with E-state index in [0.29, 0.717) is 11.3 Å². The fraction of sp³-hybridized carbons (Fsp3) is 0.278. The number of carbonyl (C=O) groups excluding carboxylic acids is 1. The summed E-state index contributed by atoms with van der Waals surface area (Å²) in [5, 5.41) is 29.4. The van der Waals surface area contributed by atoms with E-state index in [0.717, 1.165) is 12.1 Å². The summed E-state index contributed by atoms with van der Waals surface area (Å²) < 4.78 is 15.6. The number of phenolic OH excluding ortho intramolecular Hbond substituents is 3. The Morgan fingerprint density at radius 3 is 1.88 bits per heavy atom. The third kappa shape index (κ3) is 3.84. The summed E-state index contributed by atoms with van der Waals surface area (Å²) in [7, 11) is 4.29. The summed E-state index contributed by atoms with van der Waals surface area (Å²) in [6.45, 7) is 0. The lowest BCUT2D eigenvalue weighted by Gasteiger charge is -2.25. The zero-order valence-electron chi connectivity index (χ0n) is 14.1.